The fraction of sp³-hybridized carbons (Fsp3) is 0.474. The van der Waals surface area contributed by atoms with Crippen LogP contribution in [0.4, 0.5) is 0 Å². The van der Waals surface area contributed by atoms with Crippen molar-refractivity contribution in [3.63, 3.8) is 0 Å². The molecule has 117 valence electrons. The van der Waals surface area contributed by atoms with Crippen LogP contribution in [0, 0.1) is 27.7 Å². The van der Waals surface area contributed by atoms with Crippen molar-refractivity contribution in [2.24, 2.45) is 0 Å². The predicted molar refractivity (Wildman–Crippen MR) is 94.4 cm³/mol. The van der Waals surface area contributed by atoms with Crippen LogP contribution in [0.5, 0.6) is 0 Å². The van der Waals surface area contributed by atoms with Crippen LogP contribution in [-0.2, 0) is 32.7 Å². The Kier molecular flexibility index (Phi) is 58.6. The number of rotatable bonds is 0. The third-order valence-electron chi connectivity index (χ3n) is 1.55. The number of aryl methyl sites for hydroxylation is 2. The van der Waals surface area contributed by atoms with E-state index in [0.29, 0.717) is 0 Å². The third kappa shape index (κ3) is 43.0. The molecule has 0 saturated carbocycles. The van der Waals surface area contributed by atoms with Gasteiger partial charge in [-0.1, -0.05) is 67.8 Å². The van der Waals surface area contributed by atoms with E-state index >= 15 is 0 Å². The first-order valence-electron chi connectivity index (χ1n) is 7.14. The van der Waals surface area contributed by atoms with E-state index in [-0.39, 0.29) is 32.7 Å². The van der Waals surface area contributed by atoms with Gasteiger partial charge in [-0.25, -0.2) is 0 Å². The van der Waals surface area contributed by atoms with Crippen molar-refractivity contribution in [2.75, 3.05) is 0 Å². The Morgan fingerprint density at radius 2 is 0.900 bits per heavy atom. The first-order valence-corrected chi connectivity index (χ1v) is 7.14. The van der Waals surface area contributed by atoms with Crippen LogP contribution in [0.2, 0.25) is 0 Å². The maximum Gasteiger partial charge on any atom is 0 e. The number of hydrogen-bond acceptors (Lipinski definition) is 0. The maximum atomic E-state index is 3.25. The fourth-order valence-corrected chi connectivity index (χ4v) is 0.637. The topological polar surface area (TPSA) is 0 Å². The van der Waals surface area contributed by atoms with E-state index in [2.05, 4.69) is 65.8 Å². The zero-order valence-electron chi connectivity index (χ0n) is 15.2. The predicted octanol–water partition coefficient (Wildman–Crippen LogP) is 6.98. The summed E-state index contributed by atoms with van der Waals surface area (Å²) in [4.78, 5) is 0. The van der Waals surface area contributed by atoms with Crippen LogP contribution in [0.1, 0.15) is 59.1 Å². The molecule has 0 aromatic heterocycles. The Bertz CT molecular complexity index is 209. The van der Waals surface area contributed by atoms with Gasteiger partial charge in [-0.15, -0.1) is 0 Å². The van der Waals surface area contributed by atoms with Gasteiger partial charge in [-0.2, -0.15) is 13.8 Å². The molecular weight excluding hydrogens is 317 g/mol. The van der Waals surface area contributed by atoms with E-state index in [1.807, 2.05) is 26.0 Å². The SMILES string of the molecule is C/C=C/C.CCC.Cc1ccc(C)cc1.[CH2-]C.[CH2-]C.[Y]. The summed E-state index contributed by atoms with van der Waals surface area (Å²) in [7, 11) is 0. The molecule has 0 fully saturated rings. The van der Waals surface area contributed by atoms with Gasteiger partial charge in [0.2, 0.25) is 0 Å². The molecule has 0 atom stereocenters. The van der Waals surface area contributed by atoms with Crippen LogP contribution in [0.15, 0.2) is 36.4 Å². The number of allylic oxidation sites excluding steroid dienone is 2. The van der Waals surface area contributed by atoms with E-state index in [9.17, 15) is 0 Å². The monoisotopic (exact) mass is 353 g/mol. The second-order valence-electron chi connectivity index (χ2n) is 3.53. The molecule has 0 N–H and O–H groups in total. The molecule has 0 bridgehead atoms. The van der Waals surface area contributed by atoms with Gasteiger partial charge in [0.1, 0.15) is 0 Å². The van der Waals surface area contributed by atoms with E-state index in [1.165, 1.54) is 17.5 Å². The van der Waals surface area contributed by atoms with Crippen molar-refractivity contribution in [1.82, 2.24) is 0 Å². The molecule has 0 aliphatic rings. The standard InChI is InChI=1S/C8H10.C4H8.C3H8.2C2H5.Y/c1-7-3-5-8(2)6-4-7;1-3-4-2;1-3-2;2*1-2;/h3-6H,1-2H3;3-4H,1-2H3;3H2,1-2H3;2*1H2,2H3;/q;;;2*-1;/b;4-3+;;;;. The molecule has 1 aromatic rings. The van der Waals surface area contributed by atoms with E-state index in [1.54, 1.807) is 13.8 Å². The van der Waals surface area contributed by atoms with Crippen LogP contribution >= 0.6 is 0 Å². The van der Waals surface area contributed by atoms with E-state index in [4.69, 9.17) is 0 Å². The van der Waals surface area contributed by atoms with Crippen molar-refractivity contribution < 1.29 is 32.7 Å². The van der Waals surface area contributed by atoms with Crippen molar-refractivity contribution in [1.29, 1.82) is 0 Å². The maximum absolute atomic E-state index is 3.25. The molecule has 1 radical (unpaired) electrons. The molecule has 0 heterocycles. The molecule has 0 nitrogen and oxygen atoms in total. The molecule has 0 aliphatic heterocycles. The Labute approximate surface area is 155 Å². The summed E-state index contributed by atoms with van der Waals surface area (Å²) in [5.74, 6) is 0. The average molecular weight is 353 g/mol. The van der Waals surface area contributed by atoms with Crippen molar-refractivity contribution in [2.45, 2.75) is 61.8 Å². The van der Waals surface area contributed by atoms with E-state index in [0.717, 1.165) is 0 Å². The molecule has 20 heavy (non-hydrogen) atoms. The van der Waals surface area contributed by atoms with Gasteiger partial charge in [-0.05, 0) is 27.7 Å². The fourth-order valence-electron chi connectivity index (χ4n) is 0.637. The zero-order chi connectivity index (χ0) is 16.1. The summed E-state index contributed by atoms with van der Waals surface area (Å²) in [5.41, 5.74) is 2.66. The van der Waals surface area contributed by atoms with Gasteiger partial charge in [0.05, 0.1) is 0 Å². The number of benzene rings is 1. The van der Waals surface area contributed by atoms with Crippen molar-refractivity contribution in [3.8, 4) is 0 Å². The first-order chi connectivity index (χ1) is 9.12. The second kappa shape index (κ2) is 36.4. The van der Waals surface area contributed by atoms with Gasteiger partial charge >= 0.3 is 0 Å². The van der Waals surface area contributed by atoms with Gasteiger partial charge < -0.3 is 13.8 Å². The van der Waals surface area contributed by atoms with Crippen LogP contribution in [0.3, 0.4) is 0 Å². The molecule has 0 saturated heterocycles. The molecule has 0 amide bonds. The minimum absolute atomic E-state index is 0. The second-order valence-corrected chi connectivity index (χ2v) is 3.53. The Morgan fingerprint density at radius 1 is 0.750 bits per heavy atom. The molecular formula is C19H36Y-2. The smallest absolute Gasteiger partial charge is 0 e. The van der Waals surface area contributed by atoms with Gasteiger partial charge in [0, 0.05) is 32.7 Å². The summed E-state index contributed by atoms with van der Waals surface area (Å²) in [6, 6.07) is 8.48. The van der Waals surface area contributed by atoms with Gasteiger partial charge in [-0.3, -0.25) is 0 Å². The average Bonchev–Trinajstić information content (AvgIpc) is 2.47. The Morgan fingerprint density at radius 3 is 1.00 bits per heavy atom. The van der Waals surface area contributed by atoms with Gasteiger partial charge in [0.15, 0.2) is 0 Å². The summed E-state index contributed by atoms with van der Waals surface area (Å²) in [5, 5.41) is 0. The minimum Gasteiger partial charge on any atom is -0.346 e. The molecule has 0 spiro atoms. The molecule has 0 aliphatic carbocycles. The molecule has 1 heteroatoms. The summed E-state index contributed by atoms with van der Waals surface area (Å²) in [6.45, 7) is 22.4. The molecule has 1 rings (SSSR count). The molecule has 1 aromatic carbocycles. The third-order valence-corrected chi connectivity index (χ3v) is 1.55. The summed E-state index contributed by atoms with van der Waals surface area (Å²) in [6.07, 6.45) is 5.25. The van der Waals surface area contributed by atoms with Crippen LogP contribution in [-0.4, -0.2) is 0 Å². The Hall–Kier alpha value is 0.0639. The van der Waals surface area contributed by atoms with Crippen molar-refractivity contribution >= 4 is 0 Å². The first kappa shape index (κ1) is 32.1. The summed E-state index contributed by atoms with van der Waals surface area (Å²) < 4.78 is 0. The normalized spacial score (nSPS) is 7.10. The van der Waals surface area contributed by atoms with E-state index < -0.39 is 0 Å². The van der Waals surface area contributed by atoms with Crippen LogP contribution in [0.25, 0.3) is 0 Å². The largest absolute Gasteiger partial charge is 0.346 e. The zero-order valence-corrected chi connectivity index (χ0v) is 18.0. The molecule has 0 unspecified atom stereocenters. The Balaban J connectivity index is -0.0000000541. The summed E-state index contributed by atoms with van der Waals surface area (Å²) >= 11 is 0. The number of hydrogen-bond donors (Lipinski definition) is 0. The van der Waals surface area contributed by atoms with Crippen molar-refractivity contribution in [3.05, 3.63) is 61.4 Å². The van der Waals surface area contributed by atoms with Crippen LogP contribution < -0.4 is 0 Å². The minimum atomic E-state index is 0. The quantitative estimate of drug-likeness (QED) is 0.349. The van der Waals surface area contributed by atoms with Gasteiger partial charge in [0.25, 0.3) is 0 Å².